The van der Waals surface area contributed by atoms with E-state index in [1.807, 2.05) is 0 Å². The second-order valence-electron chi connectivity index (χ2n) is 10.0. The lowest BCUT2D eigenvalue weighted by molar-refractivity contribution is -0.435. The lowest BCUT2D eigenvalue weighted by Gasteiger charge is -2.73. The van der Waals surface area contributed by atoms with Crippen molar-refractivity contribution in [1.29, 1.82) is 0 Å². The van der Waals surface area contributed by atoms with Gasteiger partial charge in [0.2, 0.25) is 0 Å². The maximum absolute atomic E-state index is 13.3. The molecule has 144 valence electrons. The molecule has 4 aliphatic carbocycles. The molecule has 6 nitrogen and oxygen atoms in total. The highest BCUT2D eigenvalue weighted by Gasteiger charge is 2.85. The van der Waals surface area contributed by atoms with Crippen LogP contribution in [0.5, 0.6) is 0 Å². The van der Waals surface area contributed by atoms with Crippen molar-refractivity contribution in [3.8, 4) is 0 Å². The fourth-order valence-corrected chi connectivity index (χ4v) is 7.76. The van der Waals surface area contributed by atoms with Gasteiger partial charge in [0, 0.05) is 23.7 Å². The van der Waals surface area contributed by atoms with Crippen LogP contribution in [0.25, 0.3) is 0 Å². The molecule has 2 spiro atoms. The molecule has 6 rings (SSSR count). The van der Waals surface area contributed by atoms with Crippen LogP contribution in [0.2, 0.25) is 0 Å². The normalized spacial score (nSPS) is 59.9. The summed E-state index contributed by atoms with van der Waals surface area (Å²) in [6.45, 7) is 8.19. The van der Waals surface area contributed by atoms with Gasteiger partial charge in [0.15, 0.2) is 11.6 Å². The molecule has 6 heteroatoms. The standard InChI is InChI=1S/C20H28O6/c1-9-10-6-11(21)14-18-8-26-19(25,20(14,15(9)23)16(10)24)7-12(18)17(2,3)5-4-13(18)22/h10-14,16,21-22,24-25H,1,4-8H2,2-3H3/t10-,11?,12+,13-,14-,16+,18-,19-,20-/m0/s1. The molecular formula is C20H28O6. The van der Waals surface area contributed by atoms with Crippen molar-refractivity contribution in [1.82, 2.24) is 0 Å². The van der Waals surface area contributed by atoms with Gasteiger partial charge < -0.3 is 25.2 Å². The number of aliphatic hydroxyl groups is 4. The largest absolute Gasteiger partial charge is 0.393 e. The molecule has 2 saturated heterocycles. The van der Waals surface area contributed by atoms with Gasteiger partial charge in [-0.25, -0.2) is 0 Å². The highest BCUT2D eigenvalue weighted by Crippen LogP contribution is 2.76. The molecule has 0 aromatic heterocycles. The van der Waals surface area contributed by atoms with E-state index in [1.165, 1.54) is 0 Å². The summed E-state index contributed by atoms with van der Waals surface area (Å²) < 4.78 is 5.88. The van der Waals surface area contributed by atoms with Crippen molar-refractivity contribution in [3.63, 3.8) is 0 Å². The van der Waals surface area contributed by atoms with Crippen molar-refractivity contribution in [3.05, 3.63) is 12.2 Å². The molecule has 4 saturated carbocycles. The van der Waals surface area contributed by atoms with E-state index < -0.39 is 52.5 Å². The first kappa shape index (κ1) is 17.3. The lowest BCUT2D eigenvalue weighted by Crippen LogP contribution is -2.82. The Morgan fingerprint density at radius 2 is 1.92 bits per heavy atom. The van der Waals surface area contributed by atoms with Crippen LogP contribution in [0, 0.1) is 34.0 Å². The third kappa shape index (κ3) is 1.47. The molecule has 0 radical (unpaired) electrons. The summed E-state index contributed by atoms with van der Waals surface area (Å²) in [4.78, 5) is 13.3. The lowest BCUT2D eigenvalue weighted by atomic mass is 9.36. The summed E-state index contributed by atoms with van der Waals surface area (Å²) in [7, 11) is 0. The number of ketones is 1. The molecule has 4 bridgehead atoms. The summed E-state index contributed by atoms with van der Waals surface area (Å²) in [6.07, 6.45) is -1.01. The Kier molecular flexibility index (Phi) is 3.07. The van der Waals surface area contributed by atoms with Crippen LogP contribution in [0.15, 0.2) is 12.2 Å². The maximum atomic E-state index is 13.3. The Labute approximate surface area is 152 Å². The smallest absolute Gasteiger partial charge is 0.181 e. The van der Waals surface area contributed by atoms with Gasteiger partial charge in [0.1, 0.15) is 5.41 Å². The molecule has 6 aliphatic rings. The van der Waals surface area contributed by atoms with Crippen molar-refractivity contribution >= 4 is 5.78 Å². The van der Waals surface area contributed by atoms with E-state index >= 15 is 0 Å². The molecule has 0 amide bonds. The summed E-state index contributed by atoms with van der Waals surface area (Å²) in [6, 6.07) is 0. The summed E-state index contributed by atoms with van der Waals surface area (Å²) in [5, 5.41) is 44.9. The van der Waals surface area contributed by atoms with Gasteiger partial charge in [-0.1, -0.05) is 20.4 Å². The topological polar surface area (TPSA) is 107 Å². The predicted molar refractivity (Wildman–Crippen MR) is 90.7 cm³/mol. The zero-order valence-corrected chi connectivity index (χ0v) is 15.3. The molecule has 0 aromatic rings. The molecule has 2 aliphatic heterocycles. The number of carbonyl (C=O) groups excluding carboxylic acids is 1. The van der Waals surface area contributed by atoms with E-state index in [1.54, 1.807) is 0 Å². The molecule has 6 fully saturated rings. The van der Waals surface area contributed by atoms with Crippen LogP contribution in [0.1, 0.15) is 39.5 Å². The average molecular weight is 364 g/mol. The molecule has 4 N–H and O–H groups in total. The number of fused-ring (bicyclic) bond motifs is 2. The zero-order chi connectivity index (χ0) is 18.9. The van der Waals surface area contributed by atoms with E-state index in [0.717, 1.165) is 6.42 Å². The Morgan fingerprint density at radius 1 is 1.23 bits per heavy atom. The monoisotopic (exact) mass is 364 g/mol. The Balaban J connectivity index is 1.80. The number of ether oxygens (including phenoxy) is 1. The molecule has 1 unspecified atom stereocenters. The van der Waals surface area contributed by atoms with E-state index in [9.17, 15) is 25.2 Å². The Hall–Kier alpha value is -0.790. The van der Waals surface area contributed by atoms with Gasteiger partial charge in [-0.2, -0.15) is 0 Å². The summed E-state index contributed by atoms with van der Waals surface area (Å²) >= 11 is 0. The highest BCUT2D eigenvalue weighted by atomic mass is 16.6. The first-order chi connectivity index (χ1) is 12.0. The number of carbonyl (C=O) groups is 1. The molecule has 0 aromatic carbocycles. The van der Waals surface area contributed by atoms with Gasteiger partial charge in [0.25, 0.3) is 0 Å². The number of aliphatic hydroxyl groups excluding tert-OH is 3. The molecular weight excluding hydrogens is 336 g/mol. The Bertz CT molecular complexity index is 717. The number of rotatable bonds is 0. The minimum atomic E-state index is -1.84. The number of hydrogen-bond donors (Lipinski definition) is 4. The third-order valence-corrected chi connectivity index (χ3v) is 8.88. The predicted octanol–water partition coefficient (Wildman–Crippen LogP) is 0.376. The average Bonchev–Trinajstić information content (AvgIpc) is 2.70. The van der Waals surface area contributed by atoms with Crippen LogP contribution in [-0.4, -0.2) is 56.9 Å². The summed E-state index contributed by atoms with van der Waals surface area (Å²) in [5.41, 5.74) is -2.38. The minimum Gasteiger partial charge on any atom is -0.393 e. The van der Waals surface area contributed by atoms with E-state index in [2.05, 4.69) is 20.4 Å². The van der Waals surface area contributed by atoms with E-state index in [4.69, 9.17) is 4.74 Å². The minimum absolute atomic E-state index is 0.0966. The van der Waals surface area contributed by atoms with Crippen LogP contribution in [-0.2, 0) is 9.53 Å². The van der Waals surface area contributed by atoms with Crippen molar-refractivity contribution < 1.29 is 30.0 Å². The molecule has 26 heavy (non-hydrogen) atoms. The number of Topliss-reactive ketones (excluding diaryl/α,β-unsaturated/α-hetero) is 1. The molecule has 9 atom stereocenters. The second-order valence-corrected chi connectivity index (χ2v) is 10.0. The van der Waals surface area contributed by atoms with E-state index in [-0.39, 0.29) is 36.4 Å². The van der Waals surface area contributed by atoms with Crippen LogP contribution in [0.3, 0.4) is 0 Å². The van der Waals surface area contributed by atoms with Gasteiger partial charge in [-0.3, -0.25) is 4.79 Å². The fraction of sp³-hybridized carbons (Fsp3) is 0.850. The van der Waals surface area contributed by atoms with Gasteiger partial charge in [-0.15, -0.1) is 0 Å². The van der Waals surface area contributed by atoms with Gasteiger partial charge >= 0.3 is 0 Å². The zero-order valence-electron chi connectivity index (χ0n) is 15.3. The highest BCUT2D eigenvalue weighted by molar-refractivity contribution is 6.05. The Morgan fingerprint density at radius 3 is 2.62 bits per heavy atom. The number of hydrogen-bond acceptors (Lipinski definition) is 6. The van der Waals surface area contributed by atoms with Crippen molar-refractivity contribution in [2.24, 2.45) is 34.0 Å². The van der Waals surface area contributed by atoms with E-state index in [0.29, 0.717) is 6.42 Å². The fourth-order valence-electron chi connectivity index (χ4n) is 7.76. The first-order valence-electron chi connectivity index (χ1n) is 9.68. The van der Waals surface area contributed by atoms with Crippen LogP contribution >= 0.6 is 0 Å². The van der Waals surface area contributed by atoms with Gasteiger partial charge in [-0.05, 0) is 36.2 Å². The maximum Gasteiger partial charge on any atom is 0.181 e. The molecule has 2 heterocycles. The van der Waals surface area contributed by atoms with Crippen LogP contribution < -0.4 is 0 Å². The van der Waals surface area contributed by atoms with Gasteiger partial charge in [0.05, 0.1) is 24.9 Å². The summed E-state index contributed by atoms with van der Waals surface area (Å²) in [5.74, 6) is -3.64. The van der Waals surface area contributed by atoms with Crippen LogP contribution in [0.4, 0.5) is 0 Å². The van der Waals surface area contributed by atoms with Crippen molar-refractivity contribution in [2.45, 2.75) is 63.6 Å². The first-order valence-corrected chi connectivity index (χ1v) is 9.68. The second kappa shape index (κ2) is 4.61. The quantitative estimate of drug-likeness (QED) is 0.463. The SMILES string of the molecule is C=C1C(=O)[C@]23[C@H](O)[C@H]1CC(O)[C@H]2[C@@]12CO[C@@]3(O)C[C@@H]1C(C)(C)CC[C@@H]2O. The van der Waals surface area contributed by atoms with Crippen molar-refractivity contribution in [2.75, 3.05) is 6.61 Å². The third-order valence-electron chi connectivity index (χ3n) is 8.88.